The molecule has 4 rings (SSSR count). The summed E-state index contributed by atoms with van der Waals surface area (Å²) >= 11 is 12.9. The maximum atomic E-state index is 13.7. The molecule has 1 aliphatic rings. The number of non-ortho nitro benzene ring substituents is 1. The topological polar surface area (TPSA) is 179 Å². The number of nitro groups is 1. The van der Waals surface area contributed by atoms with E-state index in [1.165, 1.54) is 53.9 Å². The van der Waals surface area contributed by atoms with Crippen LogP contribution in [0.1, 0.15) is 18.0 Å². The van der Waals surface area contributed by atoms with Crippen molar-refractivity contribution in [3.63, 3.8) is 0 Å². The van der Waals surface area contributed by atoms with Crippen LogP contribution >= 0.6 is 34.5 Å². The number of carboxylic acid groups (broad SMARTS) is 1. The van der Waals surface area contributed by atoms with Gasteiger partial charge in [0.05, 0.1) is 27.4 Å². The van der Waals surface area contributed by atoms with Crippen LogP contribution in [-0.2, 0) is 19.6 Å². The first-order valence-electron chi connectivity index (χ1n) is 11.7. The van der Waals surface area contributed by atoms with Gasteiger partial charge >= 0.3 is 12.0 Å². The molecule has 3 amide bonds. The molecule has 2 heterocycles. The molecule has 13 nitrogen and oxygen atoms in total. The molecule has 1 fully saturated rings. The number of anilines is 1. The van der Waals surface area contributed by atoms with Crippen LogP contribution in [0.5, 0.6) is 0 Å². The zero-order chi connectivity index (χ0) is 29.9. The van der Waals surface area contributed by atoms with Crippen molar-refractivity contribution < 1.29 is 32.8 Å². The molecule has 1 aromatic heterocycles. The van der Waals surface area contributed by atoms with Gasteiger partial charge in [-0.25, -0.2) is 13.2 Å². The normalized spacial score (nSPS) is 16.2. The molecule has 2 unspecified atom stereocenters. The van der Waals surface area contributed by atoms with Gasteiger partial charge in [0.1, 0.15) is 4.21 Å². The van der Waals surface area contributed by atoms with Crippen molar-refractivity contribution in [1.82, 2.24) is 14.5 Å². The Morgan fingerprint density at radius 3 is 2.49 bits per heavy atom. The minimum absolute atomic E-state index is 0.0668. The SMILES string of the molecule is O=C(O)CC(NC(=O)C1N(C(=O)Nc2ccc(Cl)c(Cl)c2)CCN1S(=O)(=O)c1cccs1)c1cccc([N+](=O)[O-])c1. The molecule has 216 valence electrons. The van der Waals surface area contributed by atoms with E-state index in [0.717, 1.165) is 26.6 Å². The van der Waals surface area contributed by atoms with Crippen molar-refractivity contribution >= 4 is 73.8 Å². The Morgan fingerprint density at radius 1 is 1.10 bits per heavy atom. The number of carboxylic acids is 1. The minimum Gasteiger partial charge on any atom is -0.481 e. The van der Waals surface area contributed by atoms with E-state index in [4.69, 9.17) is 23.2 Å². The Morgan fingerprint density at radius 2 is 1.85 bits per heavy atom. The van der Waals surface area contributed by atoms with E-state index in [0.29, 0.717) is 0 Å². The van der Waals surface area contributed by atoms with E-state index in [1.807, 2.05) is 0 Å². The number of nitrogens with one attached hydrogen (secondary N) is 2. The first-order valence-corrected chi connectivity index (χ1v) is 14.8. The van der Waals surface area contributed by atoms with Crippen LogP contribution in [0.2, 0.25) is 10.0 Å². The molecular formula is C24H21Cl2N5O8S2. The van der Waals surface area contributed by atoms with Crippen LogP contribution in [0.4, 0.5) is 16.2 Å². The van der Waals surface area contributed by atoms with E-state index in [9.17, 15) is 38.0 Å². The number of hydrogen-bond donors (Lipinski definition) is 3. The van der Waals surface area contributed by atoms with Gasteiger partial charge in [-0.2, -0.15) is 4.31 Å². The number of hydrogen-bond acceptors (Lipinski definition) is 8. The van der Waals surface area contributed by atoms with E-state index in [1.54, 1.807) is 0 Å². The first-order chi connectivity index (χ1) is 19.4. The number of sulfonamides is 1. The lowest BCUT2D eigenvalue weighted by molar-refractivity contribution is -0.384. The second-order valence-electron chi connectivity index (χ2n) is 8.69. The largest absolute Gasteiger partial charge is 0.481 e. The summed E-state index contributed by atoms with van der Waals surface area (Å²) in [5, 5.41) is 27.7. The standard InChI is InChI=1S/C24H21Cl2N5O8S2/c25-17-7-6-15(12-18(17)26)27-24(35)29-8-9-30(41(38,39)21-5-2-10-40-21)23(29)22(34)28-19(13-20(32)33)14-3-1-4-16(11-14)31(36)37/h1-7,10-12,19,23H,8-9,13H2,(H,27,35)(H,28,34)(H,32,33). The average molecular weight is 642 g/mol. The number of nitro benzene ring substituents is 1. The Labute approximate surface area is 247 Å². The fourth-order valence-electron chi connectivity index (χ4n) is 4.17. The van der Waals surface area contributed by atoms with Gasteiger partial charge in [-0.05, 0) is 35.2 Å². The smallest absolute Gasteiger partial charge is 0.323 e. The van der Waals surface area contributed by atoms with Crippen LogP contribution in [0.15, 0.2) is 64.2 Å². The van der Waals surface area contributed by atoms with E-state index in [2.05, 4.69) is 10.6 Å². The molecule has 3 N–H and O–H groups in total. The number of benzene rings is 2. The fourth-order valence-corrected chi connectivity index (χ4v) is 7.13. The Hall–Kier alpha value is -3.76. The molecule has 3 aromatic rings. The lowest BCUT2D eigenvalue weighted by Gasteiger charge is -2.30. The molecule has 41 heavy (non-hydrogen) atoms. The molecule has 0 aliphatic carbocycles. The molecule has 2 atom stereocenters. The number of carbonyl (C=O) groups is 3. The second-order valence-corrected chi connectivity index (χ2v) is 12.6. The number of carbonyl (C=O) groups excluding carboxylic acids is 2. The van der Waals surface area contributed by atoms with Crippen LogP contribution in [0, 0.1) is 10.1 Å². The average Bonchev–Trinajstić information content (AvgIpc) is 3.62. The highest BCUT2D eigenvalue weighted by atomic mass is 35.5. The number of halogens is 2. The van der Waals surface area contributed by atoms with Crippen molar-refractivity contribution in [1.29, 1.82) is 0 Å². The van der Waals surface area contributed by atoms with Crippen molar-refractivity contribution in [2.24, 2.45) is 0 Å². The molecule has 0 spiro atoms. The predicted octanol–water partition coefficient (Wildman–Crippen LogP) is 4.16. The maximum absolute atomic E-state index is 13.7. The minimum atomic E-state index is -4.26. The summed E-state index contributed by atoms with van der Waals surface area (Å²) in [5.41, 5.74) is -0.00609. The van der Waals surface area contributed by atoms with E-state index >= 15 is 0 Å². The van der Waals surface area contributed by atoms with Crippen LogP contribution < -0.4 is 10.6 Å². The van der Waals surface area contributed by atoms with E-state index < -0.39 is 51.5 Å². The molecule has 0 bridgehead atoms. The zero-order valence-electron chi connectivity index (χ0n) is 20.8. The first kappa shape index (κ1) is 30.2. The summed E-state index contributed by atoms with van der Waals surface area (Å²) in [4.78, 5) is 50.2. The van der Waals surface area contributed by atoms with Crippen molar-refractivity contribution in [2.75, 3.05) is 18.4 Å². The summed E-state index contributed by atoms with van der Waals surface area (Å²) in [6, 6.07) is 10.1. The van der Waals surface area contributed by atoms with Crippen molar-refractivity contribution in [2.45, 2.75) is 22.8 Å². The number of thiophene rings is 1. The third-order valence-electron chi connectivity index (χ3n) is 6.03. The maximum Gasteiger partial charge on any atom is 0.323 e. The molecule has 2 aromatic carbocycles. The van der Waals surface area contributed by atoms with Crippen LogP contribution in [-0.4, -0.2) is 64.8 Å². The monoisotopic (exact) mass is 641 g/mol. The highest BCUT2D eigenvalue weighted by molar-refractivity contribution is 7.91. The van der Waals surface area contributed by atoms with Gasteiger partial charge in [-0.3, -0.25) is 24.6 Å². The highest BCUT2D eigenvalue weighted by Gasteiger charge is 2.47. The summed E-state index contributed by atoms with van der Waals surface area (Å²) in [7, 11) is -4.26. The summed E-state index contributed by atoms with van der Waals surface area (Å²) in [5.74, 6) is -2.34. The zero-order valence-corrected chi connectivity index (χ0v) is 23.9. The van der Waals surface area contributed by atoms with Crippen molar-refractivity contribution in [3.05, 3.63) is 85.7 Å². The molecule has 0 saturated carbocycles. The van der Waals surface area contributed by atoms with Gasteiger partial charge in [0, 0.05) is 30.9 Å². The molecule has 1 aliphatic heterocycles. The van der Waals surface area contributed by atoms with Gasteiger partial charge in [-0.1, -0.05) is 41.4 Å². The molecule has 0 radical (unpaired) electrons. The Kier molecular flexibility index (Phi) is 9.14. The highest BCUT2D eigenvalue weighted by Crippen LogP contribution is 2.30. The third kappa shape index (κ3) is 6.77. The van der Waals surface area contributed by atoms with Gasteiger partial charge < -0.3 is 15.7 Å². The number of nitrogens with zero attached hydrogens (tertiary/aromatic N) is 3. The molecule has 1 saturated heterocycles. The van der Waals surface area contributed by atoms with Gasteiger partial charge in [0.15, 0.2) is 6.17 Å². The summed E-state index contributed by atoms with van der Waals surface area (Å²) < 4.78 is 27.7. The number of rotatable bonds is 9. The van der Waals surface area contributed by atoms with Crippen molar-refractivity contribution in [3.8, 4) is 0 Å². The number of aliphatic carboxylic acids is 1. The number of amides is 3. The lowest BCUT2D eigenvalue weighted by Crippen LogP contribution is -2.55. The molecule has 17 heteroatoms. The fraction of sp³-hybridized carbons (Fsp3) is 0.208. The van der Waals surface area contributed by atoms with Crippen LogP contribution in [0.25, 0.3) is 0 Å². The summed E-state index contributed by atoms with van der Waals surface area (Å²) in [6.45, 7) is -0.427. The third-order valence-corrected chi connectivity index (χ3v) is 10.00. The Balaban J connectivity index is 1.69. The quantitative estimate of drug-likeness (QED) is 0.230. The second kappa shape index (κ2) is 12.4. The molecular weight excluding hydrogens is 621 g/mol. The predicted molar refractivity (Wildman–Crippen MR) is 150 cm³/mol. The van der Waals surface area contributed by atoms with Crippen LogP contribution in [0.3, 0.4) is 0 Å². The number of urea groups is 1. The van der Waals surface area contributed by atoms with Gasteiger partial charge in [-0.15, -0.1) is 11.3 Å². The lowest BCUT2D eigenvalue weighted by atomic mass is 10.0. The van der Waals surface area contributed by atoms with E-state index in [-0.39, 0.29) is 44.3 Å². The Bertz CT molecular complexity index is 1600. The van der Waals surface area contributed by atoms with Gasteiger partial charge in [0.2, 0.25) is 0 Å². The summed E-state index contributed by atoms with van der Waals surface area (Å²) in [6.07, 6.45) is -2.40. The van der Waals surface area contributed by atoms with Gasteiger partial charge in [0.25, 0.3) is 21.6 Å².